The summed E-state index contributed by atoms with van der Waals surface area (Å²) in [4.78, 5) is 11.8. The van der Waals surface area contributed by atoms with Gasteiger partial charge in [-0.15, -0.1) is 0 Å². The minimum absolute atomic E-state index is 0.466. The Labute approximate surface area is 74.5 Å². The summed E-state index contributed by atoms with van der Waals surface area (Å²) in [5.74, 6) is 1.55. The summed E-state index contributed by atoms with van der Waals surface area (Å²) in [6, 6.07) is 0. The molecule has 0 spiro atoms. The fourth-order valence-corrected chi connectivity index (χ4v) is 2.75. The maximum atomic E-state index is 11.8. The lowest BCUT2D eigenvalue weighted by atomic mass is 9.90. The molecule has 2 aliphatic carbocycles. The summed E-state index contributed by atoms with van der Waals surface area (Å²) < 4.78 is 0. The van der Waals surface area contributed by atoms with Crippen LogP contribution in [0.2, 0.25) is 0 Å². The van der Waals surface area contributed by atoms with Crippen LogP contribution < -0.4 is 0 Å². The van der Waals surface area contributed by atoms with Crippen LogP contribution in [0.1, 0.15) is 51.4 Å². The molecule has 2 fully saturated rings. The molecule has 0 bridgehead atoms. The van der Waals surface area contributed by atoms with Gasteiger partial charge in [-0.05, 0) is 25.7 Å². The first-order valence-corrected chi connectivity index (χ1v) is 5.41. The normalized spacial score (nSPS) is 26.7. The number of Topliss-reactive ketones (excluding diaryl/α,β-unsaturated/α-hetero) is 1. The zero-order valence-electron chi connectivity index (χ0n) is 7.72. The maximum absolute atomic E-state index is 11.8. The van der Waals surface area contributed by atoms with Gasteiger partial charge in [-0.1, -0.05) is 25.7 Å². The van der Waals surface area contributed by atoms with Gasteiger partial charge in [0.15, 0.2) is 0 Å². The van der Waals surface area contributed by atoms with Crippen molar-refractivity contribution >= 4 is 5.78 Å². The van der Waals surface area contributed by atoms with Crippen LogP contribution in [0.3, 0.4) is 0 Å². The lowest BCUT2D eigenvalue weighted by molar-refractivity contribution is -0.126. The fourth-order valence-electron chi connectivity index (χ4n) is 2.75. The molecule has 0 N–H and O–H groups in total. The highest BCUT2D eigenvalue weighted by atomic mass is 16.1. The van der Waals surface area contributed by atoms with E-state index in [4.69, 9.17) is 0 Å². The van der Waals surface area contributed by atoms with Gasteiger partial charge in [-0.2, -0.15) is 0 Å². The van der Waals surface area contributed by atoms with Gasteiger partial charge >= 0.3 is 0 Å². The zero-order valence-corrected chi connectivity index (χ0v) is 7.72. The minimum atomic E-state index is 0.466. The first kappa shape index (κ1) is 8.28. The second-order valence-corrected chi connectivity index (χ2v) is 4.37. The average Bonchev–Trinajstić information content (AvgIpc) is 2.77. The van der Waals surface area contributed by atoms with Gasteiger partial charge in [0, 0.05) is 11.8 Å². The van der Waals surface area contributed by atoms with Crippen molar-refractivity contribution in [3.05, 3.63) is 0 Å². The molecule has 0 aromatic carbocycles. The summed E-state index contributed by atoms with van der Waals surface area (Å²) in [5.41, 5.74) is 0. The summed E-state index contributed by atoms with van der Waals surface area (Å²) in [6.07, 6.45) is 9.94. The minimum Gasteiger partial charge on any atom is -0.299 e. The predicted molar refractivity (Wildman–Crippen MR) is 48.9 cm³/mol. The van der Waals surface area contributed by atoms with Crippen molar-refractivity contribution in [1.29, 1.82) is 0 Å². The Bertz CT molecular complexity index is 144. The Balaban J connectivity index is 1.89. The van der Waals surface area contributed by atoms with Crippen LogP contribution in [-0.4, -0.2) is 5.78 Å². The largest absolute Gasteiger partial charge is 0.299 e. The third kappa shape index (κ3) is 1.55. The van der Waals surface area contributed by atoms with Crippen molar-refractivity contribution < 1.29 is 4.79 Å². The van der Waals surface area contributed by atoms with Gasteiger partial charge in [-0.3, -0.25) is 4.79 Å². The van der Waals surface area contributed by atoms with E-state index < -0.39 is 0 Å². The van der Waals surface area contributed by atoms with Crippen LogP contribution in [-0.2, 0) is 4.79 Å². The van der Waals surface area contributed by atoms with Gasteiger partial charge in [0.25, 0.3) is 0 Å². The molecule has 0 amide bonds. The molecule has 12 heavy (non-hydrogen) atoms. The Morgan fingerprint density at radius 2 is 1.08 bits per heavy atom. The molecule has 0 aromatic rings. The summed E-state index contributed by atoms with van der Waals surface area (Å²) in [6.45, 7) is 0. The lowest BCUT2D eigenvalue weighted by Gasteiger charge is -2.12. The highest BCUT2D eigenvalue weighted by Gasteiger charge is 2.30. The van der Waals surface area contributed by atoms with E-state index in [1.54, 1.807) is 0 Å². The molecule has 0 atom stereocenters. The van der Waals surface area contributed by atoms with Crippen molar-refractivity contribution in [2.75, 3.05) is 0 Å². The number of carbonyl (C=O) groups excluding carboxylic acids is 1. The Hall–Kier alpha value is -0.330. The van der Waals surface area contributed by atoms with Crippen molar-refractivity contribution in [3.8, 4) is 0 Å². The van der Waals surface area contributed by atoms with E-state index >= 15 is 0 Å². The molecule has 0 heterocycles. The molecule has 0 unspecified atom stereocenters. The summed E-state index contributed by atoms with van der Waals surface area (Å²) in [5, 5.41) is 0. The van der Waals surface area contributed by atoms with Crippen LogP contribution in [0.25, 0.3) is 0 Å². The standard InChI is InChI=1S/C11H18O/c12-11(9-5-1-2-6-9)10-7-3-4-8-10/h9-10H,1-8H2. The molecule has 1 heteroatoms. The Morgan fingerprint density at radius 1 is 0.750 bits per heavy atom. The van der Waals surface area contributed by atoms with Crippen molar-refractivity contribution in [2.45, 2.75) is 51.4 Å². The molecule has 2 saturated carbocycles. The lowest BCUT2D eigenvalue weighted by Crippen LogP contribution is -2.19. The molecule has 68 valence electrons. The second kappa shape index (κ2) is 3.59. The molecular formula is C11H18O. The van der Waals surface area contributed by atoms with E-state index in [9.17, 15) is 4.79 Å². The van der Waals surface area contributed by atoms with Crippen LogP contribution in [0.5, 0.6) is 0 Å². The monoisotopic (exact) mass is 166 g/mol. The number of rotatable bonds is 2. The van der Waals surface area contributed by atoms with Gasteiger partial charge in [0.2, 0.25) is 0 Å². The van der Waals surface area contributed by atoms with Crippen molar-refractivity contribution in [2.24, 2.45) is 11.8 Å². The molecule has 1 nitrogen and oxygen atoms in total. The van der Waals surface area contributed by atoms with Gasteiger partial charge in [0.05, 0.1) is 0 Å². The molecule has 0 aromatic heterocycles. The van der Waals surface area contributed by atoms with Gasteiger partial charge < -0.3 is 0 Å². The highest BCUT2D eigenvalue weighted by Crippen LogP contribution is 2.34. The first-order valence-electron chi connectivity index (χ1n) is 5.41. The molecule has 2 aliphatic rings. The molecule has 0 radical (unpaired) electrons. The SMILES string of the molecule is O=C(C1CCCC1)C1CCCC1. The second-order valence-electron chi connectivity index (χ2n) is 4.37. The van der Waals surface area contributed by atoms with E-state index in [1.165, 1.54) is 51.4 Å². The van der Waals surface area contributed by atoms with Crippen LogP contribution in [0, 0.1) is 11.8 Å². The molecule has 0 aliphatic heterocycles. The van der Waals surface area contributed by atoms with Gasteiger partial charge in [-0.25, -0.2) is 0 Å². The Morgan fingerprint density at radius 3 is 1.42 bits per heavy atom. The first-order chi connectivity index (χ1) is 5.88. The van der Waals surface area contributed by atoms with Crippen molar-refractivity contribution in [3.63, 3.8) is 0 Å². The van der Waals surface area contributed by atoms with E-state index in [-0.39, 0.29) is 0 Å². The third-order valence-electron chi connectivity index (χ3n) is 3.52. The maximum Gasteiger partial charge on any atom is 0.139 e. The average molecular weight is 166 g/mol. The van der Waals surface area contributed by atoms with Crippen LogP contribution in [0.15, 0.2) is 0 Å². The predicted octanol–water partition coefficient (Wildman–Crippen LogP) is 2.94. The van der Waals surface area contributed by atoms with E-state index in [1.807, 2.05) is 0 Å². The molecule has 2 rings (SSSR count). The van der Waals surface area contributed by atoms with Crippen LogP contribution >= 0.6 is 0 Å². The summed E-state index contributed by atoms with van der Waals surface area (Å²) in [7, 11) is 0. The van der Waals surface area contributed by atoms with E-state index in [0.717, 1.165) is 0 Å². The number of hydrogen-bond donors (Lipinski definition) is 0. The number of hydrogen-bond acceptors (Lipinski definition) is 1. The molecule has 0 saturated heterocycles. The fraction of sp³-hybridized carbons (Fsp3) is 0.909. The van der Waals surface area contributed by atoms with Crippen molar-refractivity contribution in [1.82, 2.24) is 0 Å². The Kier molecular flexibility index (Phi) is 2.48. The zero-order chi connectivity index (χ0) is 8.39. The van der Waals surface area contributed by atoms with Crippen LogP contribution in [0.4, 0.5) is 0 Å². The quantitative estimate of drug-likeness (QED) is 0.616. The number of ketones is 1. The van der Waals surface area contributed by atoms with E-state index in [0.29, 0.717) is 17.6 Å². The summed E-state index contributed by atoms with van der Waals surface area (Å²) >= 11 is 0. The van der Waals surface area contributed by atoms with Gasteiger partial charge in [0.1, 0.15) is 5.78 Å². The number of carbonyl (C=O) groups is 1. The third-order valence-corrected chi connectivity index (χ3v) is 3.52. The van der Waals surface area contributed by atoms with E-state index in [2.05, 4.69) is 0 Å². The topological polar surface area (TPSA) is 17.1 Å². The molecular weight excluding hydrogens is 148 g/mol. The highest BCUT2D eigenvalue weighted by molar-refractivity contribution is 5.83. The smallest absolute Gasteiger partial charge is 0.139 e.